The van der Waals surface area contributed by atoms with E-state index in [0.717, 1.165) is 0 Å². The Hall–Kier alpha value is -0.610. The van der Waals surface area contributed by atoms with Gasteiger partial charge in [-0.1, -0.05) is 0 Å². The van der Waals surface area contributed by atoms with Crippen LogP contribution in [0.5, 0.6) is 0 Å². The first-order chi connectivity index (χ1) is 6.74. The maximum atomic E-state index is 11.2. The Bertz CT molecular complexity index is 232. The Morgan fingerprint density at radius 3 is 2.27 bits per heavy atom. The van der Waals surface area contributed by atoms with E-state index < -0.39 is 17.7 Å². The number of alkyl halides is 1. The van der Waals surface area contributed by atoms with Crippen molar-refractivity contribution >= 4 is 23.4 Å². The third-order valence-corrected chi connectivity index (χ3v) is 1.73. The van der Waals surface area contributed by atoms with E-state index in [1.54, 1.807) is 20.8 Å². The maximum Gasteiger partial charge on any atom is 0.308 e. The molecule has 0 unspecified atom stereocenters. The van der Waals surface area contributed by atoms with Crippen LogP contribution in [0.2, 0.25) is 0 Å². The van der Waals surface area contributed by atoms with Gasteiger partial charge in [-0.15, -0.1) is 11.6 Å². The third kappa shape index (κ3) is 8.39. The van der Waals surface area contributed by atoms with E-state index in [1.807, 2.05) is 0 Å². The van der Waals surface area contributed by atoms with Crippen molar-refractivity contribution in [1.29, 1.82) is 0 Å². The summed E-state index contributed by atoms with van der Waals surface area (Å²) in [6.45, 7) is 5.21. The first-order valence-electron chi connectivity index (χ1n) is 4.72. The van der Waals surface area contributed by atoms with E-state index in [4.69, 9.17) is 16.3 Å². The summed E-state index contributed by atoms with van der Waals surface area (Å²) in [7, 11) is 0. The molecular weight excluding hydrogens is 220 g/mol. The van der Waals surface area contributed by atoms with Gasteiger partial charge in [-0.2, -0.15) is 0 Å². The van der Waals surface area contributed by atoms with Gasteiger partial charge in [0, 0.05) is 6.42 Å². The van der Waals surface area contributed by atoms with E-state index in [9.17, 15) is 14.7 Å². The molecule has 1 N–H and O–H groups in total. The number of Topliss-reactive ketones (excluding diaryl/α,β-unsaturated/α-hetero) is 1. The molecular formula is C10H17ClO4. The molecule has 0 aromatic rings. The fourth-order valence-corrected chi connectivity index (χ4v) is 1.07. The fourth-order valence-electron chi connectivity index (χ4n) is 0.965. The second kappa shape index (κ2) is 6.08. The van der Waals surface area contributed by atoms with Crippen LogP contribution in [-0.4, -0.2) is 34.4 Å². The van der Waals surface area contributed by atoms with Gasteiger partial charge in [-0.05, 0) is 20.8 Å². The van der Waals surface area contributed by atoms with Gasteiger partial charge in [0.1, 0.15) is 11.4 Å². The quantitative estimate of drug-likeness (QED) is 0.577. The molecule has 15 heavy (non-hydrogen) atoms. The topological polar surface area (TPSA) is 63.6 Å². The molecule has 0 rings (SSSR count). The highest BCUT2D eigenvalue weighted by Crippen LogP contribution is 2.10. The summed E-state index contributed by atoms with van der Waals surface area (Å²) in [6, 6.07) is 0. The standard InChI is InChI=1S/C10H17ClO4/c1-10(2,3)15-9(14)5-7(12)4-8(13)6-11/h7,12H,4-6H2,1-3H3/t7-/m1/s1. The van der Waals surface area contributed by atoms with Gasteiger partial charge >= 0.3 is 5.97 Å². The molecule has 0 bridgehead atoms. The Labute approximate surface area is 94.6 Å². The fraction of sp³-hybridized carbons (Fsp3) is 0.800. The smallest absolute Gasteiger partial charge is 0.308 e. The maximum absolute atomic E-state index is 11.2. The molecule has 0 aromatic heterocycles. The first kappa shape index (κ1) is 14.4. The summed E-state index contributed by atoms with van der Waals surface area (Å²) in [4.78, 5) is 22.1. The average molecular weight is 237 g/mol. The van der Waals surface area contributed by atoms with Gasteiger partial charge in [0.05, 0.1) is 18.4 Å². The lowest BCUT2D eigenvalue weighted by Gasteiger charge is -2.20. The number of halogens is 1. The lowest BCUT2D eigenvalue weighted by Crippen LogP contribution is -2.27. The molecule has 4 nitrogen and oxygen atoms in total. The van der Waals surface area contributed by atoms with Crippen molar-refractivity contribution in [3.05, 3.63) is 0 Å². The zero-order valence-corrected chi connectivity index (χ0v) is 10.0. The summed E-state index contributed by atoms with van der Waals surface area (Å²) < 4.78 is 4.98. The molecule has 0 saturated carbocycles. The van der Waals surface area contributed by atoms with Crippen molar-refractivity contribution < 1.29 is 19.4 Å². The largest absolute Gasteiger partial charge is 0.460 e. The van der Waals surface area contributed by atoms with Gasteiger partial charge in [0.25, 0.3) is 0 Å². The molecule has 0 aliphatic carbocycles. The van der Waals surface area contributed by atoms with Crippen LogP contribution in [0.3, 0.4) is 0 Å². The number of ether oxygens (including phenoxy) is 1. The molecule has 0 aromatic carbocycles. The summed E-state index contributed by atoms with van der Waals surface area (Å²) in [5.41, 5.74) is -0.576. The Balaban J connectivity index is 3.92. The van der Waals surface area contributed by atoms with E-state index >= 15 is 0 Å². The molecule has 1 atom stereocenters. The van der Waals surface area contributed by atoms with Crippen molar-refractivity contribution in [2.24, 2.45) is 0 Å². The van der Waals surface area contributed by atoms with Gasteiger partial charge in [-0.3, -0.25) is 9.59 Å². The molecule has 0 aliphatic heterocycles. The Morgan fingerprint density at radius 2 is 1.87 bits per heavy atom. The summed E-state index contributed by atoms with van der Waals surface area (Å²) >= 11 is 5.26. The number of esters is 1. The second-order valence-electron chi connectivity index (χ2n) is 4.32. The highest BCUT2D eigenvalue weighted by molar-refractivity contribution is 6.27. The minimum absolute atomic E-state index is 0.108. The van der Waals surface area contributed by atoms with Crippen LogP contribution in [0, 0.1) is 0 Å². The van der Waals surface area contributed by atoms with E-state index in [-0.39, 0.29) is 24.5 Å². The van der Waals surface area contributed by atoms with Crippen LogP contribution >= 0.6 is 11.6 Å². The summed E-state index contributed by atoms with van der Waals surface area (Å²) in [6.07, 6.45) is -1.30. The lowest BCUT2D eigenvalue weighted by molar-refractivity contribution is -0.157. The lowest BCUT2D eigenvalue weighted by atomic mass is 10.1. The number of hydrogen-bond donors (Lipinski definition) is 1. The number of ketones is 1. The average Bonchev–Trinajstić information content (AvgIpc) is 1.99. The minimum atomic E-state index is -1.01. The number of carbonyl (C=O) groups is 2. The third-order valence-electron chi connectivity index (χ3n) is 1.43. The normalized spacial score (nSPS) is 13.4. The molecule has 0 fully saturated rings. The van der Waals surface area contributed by atoms with Crippen LogP contribution in [0.15, 0.2) is 0 Å². The highest BCUT2D eigenvalue weighted by Gasteiger charge is 2.20. The second-order valence-corrected chi connectivity index (χ2v) is 4.59. The number of rotatable bonds is 5. The zero-order valence-electron chi connectivity index (χ0n) is 9.25. The number of carbonyl (C=O) groups excluding carboxylic acids is 2. The van der Waals surface area contributed by atoms with Crippen LogP contribution < -0.4 is 0 Å². The predicted octanol–water partition coefficient (Wildman–Crippen LogP) is 1.28. The molecule has 0 saturated heterocycles. The molecule has 0 amide bonds. The van der Waals surface area contributed by atoms with Gasteiger partial charge in [0.2, 0.25) is 0 Å². The van der Waals surface area contributed by atoms with Crippen molar-refractivity contribution in [3.8, 4) is 0 Å². The molecule has 88 valence electrons. The number of hydrogen-bond acceptors (Lipinski definition) is 4. The molecule has 5 heteroatoms. The minimum Gasteiger partial charge on any atom is -0.460 e. The van der Waals surface area contributed by atoms with Crippen molar-refractivity contribution in [2.45, 2.75) is 45.3 Å². The van der Waals surface area contributed by atoms with Crippen LogP contribution in [0.4, 0.5) is 0 Å². The van der Waals surface area contributed by atoms with Crippen molar-refractivity contribution in [2.75, 3.05) is 5.88 Å². The first-order valence-corrected chi connectivity index (χ1v) is 5.25. The van der Waals surface area contributed by atoms with Crippen LogP contribution in [-0.2, 0) is 14.3 Å². The molecule has 0 heterocycles. The zero-order chi connectivity index (χ0) is 12.1. The highest BCUT2D eigenvalue weighted by atomic mass is 35.5. The van der Waals surface area contributed by atoms with E-state index in [2.05, 4.69) is 0 Å². The van der Waals surface area contributed by atoms with Crippen LogP contribution in [0.1, 0.15) is 33.6 Å². The van der Waals surface area contributed by atoms with Gasteiger partial charge in [-0.25, -0.2) is 0 Å². The Morgan fingerprint density at radius 1 is 1.33 bits per heavy atom. The molecule has 0 aliphatic rings. The van der Waals surface area contributed by atoms with Gasteiger partial charge < -0.3 is 9.84 Å². The molecule has 0 radical (unpaired) electrons. The monoisotopic (exact) mass is 236 g/mol. The summed E-state index contributed by atoms with van der Waals surface area (Å²) in [5.74, 6) is -0.948. The predicted molar refractivity (Wildman–Crippen MR) is 56.8 cm³/mol. The van der Waals surface area contributed by atoms with E-state index in [1.165, 1.54) is 0 Å². The molecule has 0 spiro atoms. The Kier molecular flexibility index (Phi) is 5.83. The van der Waals surface area contributed by atoms with Gasteiger partial charge in [0.15, 0.2) is 0 Å². The van der Waals surface area contributed by atoms with E-state index in [0.29, 0.717) is 0 Å². The van der Waals surface area contributed by atoms with Crippen molar-refractivity contribution in [1.82, 2.24) is 0 Å². The summed E-state index contributed by atoms with van der Waals surface area (Å²) in [5, 5.41) is 9.34. The SMILES string of the molecule is CC(C)(C)OC(=O)C[C@H](O)CC(=O)CCl. The van der Waals surface area contributed by atoms with Crippen LogP contribution in [0.25, 0.3) is 0 Å². The van der Waals surface area contributed by atoms with Crippen molar-refractivity contribution in [3.63, 3.8) is 0 Å². The number of aliphatic hydroxyl groups is 1. The number of aliphatic hydroxyl groups excluding tert-OH is 1.